The SMILES string of the molecule is O=C1CCc2cc(C(O)c3ccsc3)ccc2N1. The fourth-order valence-electron chi connectivity index (χ4n) is 2.20. The number of carbonyl (C=O) groups excluding carboxylic acids is 1. The molecule has 2 heterocycles. The van der Waals surface area contributed by atoms with Gasteiger partial charge in [-0.15, -0.1) is 0 Å². The van der Waals surface area contributed by atoms with Gasteiger partial charge in [-0.1, -0.05) is 12.1 Å². The van der Waals surface area contributed by atoms with E-state index in [1.807, 2.05) is 35.0 Å². The van der Waals surface area contributed by atoms with Crippen LogP contribution < -0.4 is 5.32 Å². The second-order valence-electron chi connectivity index (χ2n) is 4.42. The molecule has 0 aliphatic carbocycles. The molecule has 0 saturated heterocycles. The van der Waals surface area contributed by atoms with Crippen LogP contribution in [0.3, 0.4) is 0 Å². The lowest BCUT2D eigenvalue weighted by Gasteiger charge is -2.19. The summed E-state index contributed by atoms with van der Waals surface area (Å²) in [6.45, 7) is 0. The van der Waals surface area contributed by atoms with Gasteiger partial charge in [0.05, 0.1) is 0 Å². The first-order chi connectivity index (χ1) is 8.74. The Labute approximate surface area is 109 Å². The number of anilines is 1. The van der Waals surface area contributed by atoms with Gasteiger partial charge in [0, 0.05) is 12.1 Å². The number of benzene rings is 1. The zero-order valence-electron chi connectivity index (χ0n) is 9.72. The molecule has 0 bridgehead atoms. The number of aliphatic hydroxyl groups excluding tert-OH is 1. The van der Waals surface area contributed by atoms with E-state index in [0.29, 0.717) is 6.42 Å². The van der Waals surface area contributed by atoms with Crippen LogP contribution in [0.5, 0.6) is 0 Å². The minimum Gasteiger partial charge on any atom is -0.384 e. The lowest BCUT2D eigenvalue weighted by atomic mass is 9.96. The number of hydrogen-bond acceptors (Lipinski definition) is 3. The van der Waals surface area contributed by atoms with Crippen molar-refractivity contribution in [1.29, 1.82) is 0 Å². The van der Waals surface area contributed by atoms with Crippen LogP contribution in [0, 0.1) is 0 Å². The van der Waals surface area contributed by atoms with Crippen LogP contribution in [-0.4, -0.2) is 11.0 Å². The summed E-state index contributed by atoms with van der Waals surface area (Å²) >= 11 is 1.57. The number of carbonyl (C=O) groups is 1. The highest BCUT2D eigenvalue weighted by molar-refractivity contribution is 7.07. The summed E-state index contributed by atoms with van der Waals surface area (Å²) in [6, 6.07) is 7.65. The highest BCUT2D eigenvalue weighted by Crippen LogP contribution is 2.29. The van der Waals surface area contributed by atoms with Crippen LogP contribution in [0.2, 0.25) is 0 Å². The maximum absolute atomic E-state index is 11.3. The maximum Gasteiger partial charge on any atom is 0.224 e. The predicted octanol–water partition coefficient (Wildman–Crippen LogP) is 2.71. The molecule has 1 amide bonds. The monoisotopic (exact) mass is 259 g/mol. The number of thiophene rings is 1. The van der Waals surface area contributed by atoms with Crippen LogP contribution in [0.25, 0.3) is 0 Å². The molecular weight excluding hydrogens is 246 g/mol. The van der Waals surface area contributed by atoms with Crippen molar-refractivity contribution in [3.05, 3.63) is 51.7 Å². The van der Waals surface area contributed by atoms with Crippen molar-refractivity contribution in [3.8, 4) is 0 Å². The predicted molar refractivity (Wildman–Crippen MR) is 71.8 cm³/mol. The molecule has 4 heteroatoms. The third-order valence-electron chi connectivity index (χ3n) is 3.20. The third kappa shape index (κ3) is 2.05. The summed E-state index contributed by atoms with van der Waals surface area (Å²) in [4.78, 5) is 11.3. The highest BCUT2D eigenvalue weighted by Gasteiger charge is 2.17. The van der Waals surface area contributed by atoms with Crippen molar-refractivity contribution in [1.82, 2.24) is 0 Å². The van der Waals surface area contributed by atoms with E-state index in [0.717, 1.165) is 28.8 Å². The first-order valence-electron chi connectivity index (χ1n) is 5.87. The molecule has 18 heavy (non-hydrogen) atoms. The fraction of sp³-hybridized carbons (Fsp3) is 0.214. The Morgan fingerprint density at radius 1 is 1.22 bits per heavy atom. The van der Waals surface area contributed by atoms with Crippen LogP contribution >= 0.6 is 11.3 Å². The second-order valence-corrected chi connectivity index (χ2v) is 5.20. The number of amides is 1. The van der Waals surface area contributed by atoms with Crippen molar-refractivity contribution in [2.24, 2.45) is 0 Å². The highest BCUT2D eigenvalue weighted by atomic mass is 32.1. The van der Waals surface area contributed by atoms with Crippen LogP contribution in [0.1, 0.15) is 29.2 Å². The van der Waals surface area contributed by atoms with E-state index in [1.54, 1.807) is 11.3 Å². The molecule has 3 rings (SSSR count). The quantitative estimate of drug-likeness (QED) is 0.871. The van der Waals surface area contributed by atoms with Crippen molar-refractivity contribution >= 4 is 22.9 Å². The fourth-order valence-corrected chi connectivity index (χ4v) is 2.88. The molecule has 0 fully saturated rings. The summed E-state index contributed by atoms with van der Waals surface area (Å²) in [7, 11) is 0. The van der Waals surface area contributed by atoms with E-state index in [1.165, 1.54) is 0 Å². The summed E-state index contributed by atoms with van der Waals surface area (Å²) in [5, 5.41) is 17.0. The molecule has 1 aliphatic rings. The maximum atomic E-state index is 11.3. The van der Waals surface area contributed by atoms with Gasteiger partial charge in [-0.05, 0) is 46.0 Å². The number of rotatable bonds is 2. The number of nitrogens with one attached hydrogen (secondary N) is 1. The molecule has 0 saturated carbocycles. The van der Waals surface area contributed by atoms with Crippen molar-refractivity contribution in [3.63, 3.8) is 0 Å². The van der Waals surface area contributed by atoms with Crippen LogP contribution in [0.15, 0.2) is 35.0 Å². The van der Waals surface area contributed by atoms with Gasteiger partial charge in [-0.25, -0.2) is 0 Å². The average molecular weight is 259 g/mol. The molecule has 1 aromatic carbocycles. The molecule has 1 unspecified atom stereocenters. The van der Waals surface area contributed by atoms with Gasteiger partial charge < -0.3 is 10.4 Å². The summed E-state index contributed by atoms with van der Waals surface area (Å²) in [5.74, 6) is 0.0635. The van der Waals surface area contributed by atoms with E-state index < -0.39 is 6.10 Å². The lowest BCUT2D eigenvalue weighted by Crippen LogP contribution is -2.19. The molecule has 1 aliphatic heterocycles. The molecule has 1 atom stereocenters. The minimum atomic E-state index is -0.584. The largest absolute Gasteiger partial charge is 0.384 e. The van der Waals surface area contributed by atoms with Gasteiger partial charge in [0.25, 0.3) is 0 Å². The first kappa shape index (κ1) is 11.4. The molecule has 2 aromatic rings. The minimum absolute atomic E-state index is 0.0635. The van der Waals surface area contributed by atoms with Crippen molar-refractivity contribution < 1.29 is 9.90 Å². The Kier molecular flexibility index (Phi) is 2.89. The van der Waals surface area contributed by atoms with E-state index in [4.69, 9.17) is 0 Å². The van der Waals surface area contributed by atoms with Crippen LogP contribution in [-0.2, 0) is 11.2 Å². The van der Waals surface area contributed by atoms with Gasteiger partial charge in [0.1, 0.15) is 6.10 Å². The zero-order valence-corrected chi connectivity index (χ0v) is 10.5. The van der Waals surface area contributed by atoms with Gasteiger partial charge in [0.2, 0.25) is 5.91 Å². The molecule has 2 N–H and O–H groups in total. The molecule has 3 nitrogen and oxygen atoms in total. The lowest BCUT2D eigenvalue weighted by molar-refractivity contribution is -0.116. The van der Waals surface area contributed by atoms with Gasteiger partial charge in [-0.3, -0.25) is 4.79 Å². The second kappa shape index (κ2) is 4.55. The molecule has 0 radical (unpaired) electrons. The van der Waals surface area contributed by atoms with E-state index in [9.17, 15) is 9.90 Å². The topological polar surface area (TPSA) is 49.3 Å². The standard InChI is InChI=1S/C14H13NO2S/c16-13-4-2-9-7-10(1-3-12(9)15-13)14(17)11-5-6-18-8-11/h1,3,5-8,14,17H,2,4H2,(H,15,16). The number of aryl methyl sites for hydroxylation is 1. The van der Waals surface area contributed by atoms with E-state index >= 15 is 0 Å². The van der Waals surface area contributed by atoms with Gasteiger partial charge >= 0.3 is 0 Å². The van der Waals surface area contributed by atoms with Gasteiger partial charge in [-0.2, -0.15) is 11.3 Å². The van der Waals surface area contributed by atoms with Crippen molar-refractivity contribution in [2.45, 2.75) is 18.9 Å². The first-order valence-corrected chi connectivity index (χ1v) is 6.81. The number of fused-ring (bicyclic) bond motifs is 1. The third-order valence-corrected chi connectivity index (χ3v) is 3.90. The molecule has 1 aromatic heterocycles. The molecular formula is C14H13NO2S. The molecule has 0 spiro atoms. The summed E-state index contributed by atoms with van der Waals surface area (Å²) in [5.41, 5.74) is 3.76. The Bertz CT molecular complexity index is 577. The van der Waals surface area contributed by atoms with Crippen LogP contribution in [0.4, 0.5) is 5.69 Å². The Hall–Kier alpha value is -1.65. The summed E-state index contributed by atoms with van der Waals surface area (Å²) < 4.78 is 0. The Balaban J connectivity index is 1.93. The number of aliphatic hydroxyl groups is 1. The molecule has 92 valence electrons. The Morgan fingerprint density at radius 3 is 2.89 bits per heavy atom. The average Bonchev–Trinajstić information content (AvgIpc) is 2.91. The normalized spacial score (nSPS) is 15.9. The zero-order chi connectivity index (χ0) is 12.5. The number of hydrogen-bond donors (Lipinski definition) is 2. The summed E-state index contributed by atoms with van der Waals surface area (Å²) in [6.07, 6.45) is 0.676. The van der Waals surface area contributed by atoms with Gasteiger partial charge in [0.15, 0.2) is 0 Å². The van der Waals surface area contributed by atoms with E-state index in [-0.39, 0.29) is 5.91 Å². The van der Waals surface area contributed by atoms with E-state index in [2.05, 4.69) is 5.32 Å². The Morgan fingerprint density at radius 2 is 2.11 bits per heavy atom. The smallest absolute Gasteiger partial charge is 0.224 e. The van der Waals surface area contributed by atoms with Crippen molar-refractivity contribution in [2.75, 3.05) is 5.32 Å².